The lowest BCUT2D eigenvalue weighted by Gasteiger charge is -2.33. The van der Waals surface area contributed by atoms with Gasteiger partial charge >= 0.3 is 6.18 Å². The third-order valence-electron chi connectivity index (χ3n) is 5.12. The van der Waals surface area contributed by atoms with E-state index in [-0.39, 0.29) is 11.0 Å². The summed E-state index contributed by atoms with van der Waals surface area (Å²) in [6.45, 7) is 8.06. The molecule has 0 radical (unpaired) electrons. The van der Waals surface area contributed by atoms with Gasteiger partial charge in [-0.1, -0.05) is 20.8 Å². The van der Waals surface area contributed by atoms with Crippen molar-refractivity contribution in [2.24, 2.45) is 5.92 Å². The van der Waals surface area contributed by atoms with E-state index in [4.69, 9.17) is 0 Å². The molecule has 0 aliphatic carbocycles. The van der Waals surface area contributed by atoms with Crippen molar-refractivity contribution in [3.05, 3.63) is 52.3 Å². The van der Waals surface area contributed by atoms with Crippen molar-refractivity contribution in [2.45, 2.75) is 51.7 Å². The molecule has 0 saturated carbocycles. The molecule has 1 saturated heterocycles. The molecule has 3 rings (SSSR count). The molecule has 1 fully saturated rings. The van der Waals surface area contributed by atoms with Gasteiger partial charge in [0.2, 0.25) is 0 Å². The maximum absolute atomic E-state index is 12.7. The Morgan fingerprint density at radius 3 is 2.29 bits per heavy atom. The molecule has 0 N–H and O–H groups in total. The van der Waals surface area contributed by atoms with Crippen LogP contribution < -0.4 is 10.5 Å². The monoisotopic (exact) mass is 394 g/mol. The van der Waals surface area contributed by atoms with Crippen molar-refractivity contribution < 1.29 is 13.2 Å². The van der Waals surface area contributed by atoms with Crippen LogP contribution in [0.5, 0.6) is 0 Å². The molecule has 0 atom stereocenters. The molecule has 0 spiro atoms. The summed E-state index contributed by atoms with van der Waals surface area (Å²) in [6, 6.07) is 4.08. The maximum Gasteiger partial charge on any atom is 0.417 e. The van der Waals surface area contributed by atoms with E-state index in [1.165, 1.54) is 6.07 Å². The second kappa shape index (κ2) is 7.56. The first-order chi connectivity index (χ1) is 13.0. The van der Waals surface area contributed by atoms with Gasteiger partial charge in [0.1, 0.15) is 5.82 Å². The molecule has 2 aromatic heterocycles. The van der Waals surface area contributed by atoms with Gasteiger partial charge < -0.3 is 4.90 Å². The fourth-order valence-electron chi connectivity index (χ4n) is 3.34. The predicted octanol–water partition coefficient (Wildman–Crippen LogP) is 3.87. The van der Waals surface area contributed by atoms with E-state index in [9.17, 15) is 18.0 Å². The Morgan fingerprint density at radius 1 is 1.11 bits per heavy atom. The molecule has 2 aromatic rings. The average Bonchev–Trinajstić information content (AvgIpc) is 2.62. The predicted molar refractivity (Wildman–Crippen MR) is 101 cm³/mol. The second-order valence-electron chi connectivity index (χ2n) is 8.35. The zero-order valence-corrected chi connectivity index (χ0v) is 16.3. The number of halogens is 3. The van der Waals surface area contributed by atoms with Gasteiger partial charge in [-0.3, -0.25) is 9.36 Å². The number of pyridine rings is 1. The standard InChI is InChI=1S/C20H25F3N4O/c1-19(2,3)16-10-18(28)27(13-25-16)12-14-6-8-26(9-7-14)17-5-4-15(11-24-17)20(21,22)23/h4-5,10-11,13-14H,6-9,12H2,1-3H3. The molecule has 5 nitrogen and oxygen atoms in total. The van der Waals surface area contributed by atoms with E-state index >= 15 is 0 Å². The molecule has 3 heterocycles. The van der Waals surface area contributed by atoms with Crippen molar-refractivity contribution in [1.82, 2.24) is 14.5 Å². The molecule has 1 aliphatic rings. The van der Waals surface area contributed by atoms with Crippen molar-refractivity contribution in [3.63, 3.8) is 0 Å². The van der Waals surface area contributed by atoms with Crippen LogP contribution in [0.4, 0.5) is 19.0 Å². The smallest absolute Gasteiger partial charge is 0.357 e. The summed E-state index contributed by atoms with van der Waals surface area (Å²) >= 11 is 0. The Bertz CT molecular complexity index is 861. The highest BCUT2D eigenvalue weighted by Gasteiger charge is 2.31. The van der Waals surface area contributed by atoms with Crippen LogP contribution in [0.1, 0.15) is 44.9 Å². The van der Waals surface area contributed by atoms with Crippen LogP contribution in [-0.4, -0.2) is 27.6 Å². The number of hydrogen-bond acceptors (Lipinski definition) is 4. The summed E-state index contributed by atoms with van der Waals surface area (Å²) in [5.41, 5.74) is -0.182. The fourth-order valence-corrected chi connectivity index (χ4v) is 3.34. The average molecular weight is 394 g/mol. The van der Waals surface area contributed by atoms with Crippen LogP contribution in [0.2, 0.25) is 0 Å². The van der Waals surface area contributed by atoms with Gasteiger partial charge in [-0.25, -0.2) is 9.97 Å². The van der Waals surface area contributed by atoms with Crippen LogP contribution in [-0.2, 0) is 18.1 Å². The zero-order valence-electron chi connectivity index (χ0n) is 16.3. The number of alkyl halides is 3. The summed E-state index contributed by atoms with van der Waals surface area (Å²) in [5.74, 6) is 0.880. The molecule has 1 aliphatic heterocycles. The maximum atomic E-state index is 12.7. The van der Waals surface area contributed by atoms with Crippen LogP contribution in [0.25, 0.3) is 0 Å². The Hall–Kier alpha value is -2.38. The Kier molecular flexibility index (Phi) is 5.50. The number of nitrogens with zero attached hydrogens (tertiary/aromatic N) is 4. The molecule has 8 heteroatoms. The largest absolute Gasteiger partial charge is 0.417 e. The number of rotatable bonds is 3. The van der Waals surface area contributed by atoms with Crippen LogP contribution in [0.3, 0.4) is 0 Å². The first kappa shape index (κ1) is 20.4. The summed E-state index contributed by atoms with van der Waals surface area (Å²) in [6.07, 6.45) is -0.190. The van der Waals surface area contributed by atoms with Crippen LogP contribution in [0.15, 0.2) is 35.5 Å². The minimum Gasteiger partial charge on any atom is -0.357 e. The highest BCUT2D eigenvalue weighted by molar-refractivity contribution is 5.40. The second-order valence-corrected chi connectivity index (χ2v) is 8.35. The third-order valence-corrected chi connectivity index (χ3v) is 5.12. The Balaban J connectivity index is 1.59. The van der Waals surface area contributed by atoms with Gasteiger partial charge in [-0.15, -0.1) is 0 Å². The summed E-state index contributed by atoms with van der Waals surface area (Å²) in [7, 11) is 0. The number of piperidine rings is 1. The van der Waals surface area contributed by atoms with Gasteiger partial charge in [0, 0.05) is 37.3 Å². The van der Waals surface area contributed by atoms with Crippen molar-refractivity contribution >= 4 is 5.82 Å². The topological polar surface area (TPSA) is 51.0 Å². The van der Waals surface area contributed by atoms with E-state index in [1.54, 1.807) is 17.0 Å². The first-order valence-electron chi connectivity index (χ1n) is 9.39. The molecule has 0 bridgehead atoms. The number of aromatic nitrogens is 3. The summed E-state index contributed by atoms with van der Waals surface area (Å²) in [4.78, 5) is 22.7. The Labute approximate surface area is 162 Å². The van der Waals surface area contributed by atoms with Gasteiger partial charge in [0.05, 0.1) is 17.6 Å². The summed E-state index contributed by atoms with van der Waals surface area (Å²) < 4.78 is 39.6. The molecule has 0 aromatic carbocycles. The third kappa shape index (κ3) is 4.72. The quantitative estimate of drug-likeness (QED) is 0.793. The van der Waals surface area contributed by atoms with E-state index in [0.717, 1.165) is 30.8 Å². The lowest BCUT2D eigenvalue weighted by molar-refractivity contribution is -0.137. The first-order valence-corrected chi connectivity index (χ1v) is 9.39. The highest BCUT2D eigenvalue weighted by atomic mass is 19.4. The molecule has 0 amide bonds. The molecule has 0 unspecified atom stereocenters. The number of anilines is 1. The van der Waals surface area contributed by atoms with Crippen molar-refractivity contribution in [1.29, 1.82) is 0 Å². The van der Waals surface area contributed by atoms with Gasteiger partial charge in [0.25, 0.3) is 5.56 Å². The van der Waals surface area contributed by atoms with E-state index < -0.39 is 11.7 Å². The van der Waals surface area contributed by atoms with Gasteiger partial charge in [-0.2, -0.15) is 13.2 Å². The Morgan fingerprint density at radius 2 is 1.79 bits per heavy atom. The fraction of sp³-hybridized carbons (Fsp3) is 0.550. The molecular formula is C20H25F3N4O. The minimum atomic E-state index is -4.37. The molecule has 28 heavy (non-hydrogen) atoms. The van der Waals surface area contributed by atoms with Crippen LogP contribution in [0, 0.1) is 5.92 Å². The van der Waals surface area contributed by atoms with E-state index in [0.29, 0.717) is 31.4 Å². The zero-order chi connectivity index (χ0) is 20.5. The van der Waals surface area contributed by atoms with E-state index in [1.807, 2.05) is 25.7 Å². The summed E-state index contributed by atoms with van der Waals surface area (Å²) in [5, 5.41) is 0. The van der Waals surface area contributed by atoms with Gasteiger partial charge in [0.15, 0.2) is 0 Å². The van der Waals surface area contributed by atoms with Crippen molar-refractivity contribution in [2.75, 3.05) is 18.0 Å². The van der Waals surface area contributed by atoms with Crippen molar-refractivity contribution in [3.8, 4) is 0 Å². The minimum absolute atomic E-state index is 0.0493. The van der Waals surface area contributed by atoms with Gasteiger partial charge in [-0.05, 0) is 30.9 Å². The van der Waals surface area contributed by atoms with Crippen LogP contribution >= 0.6 is 0 Å². The lowest BCUT2D eigenvalue weighted by atomic mass is 9.92. The molecule has 152 valence electrons. The number of hydrogen-bond donors (Lipinski definition) is 0. The highest BCUT2D eigenvalue weighted by Crippen LogP contribution is 2.30. The normalized spacial score (nSPS) is 16.4. The SMILES string of the molecule is CC(C)(C)c1cc(=O)n(CC2CCN(c3ccc(C(F)(F)F)cn3)CC2)cn1. The van der Waals surface area contributed by atoms with E-state index in [2.05, 4.69) is 9.97 Å². The molecular weight excluding hydrogens is 369 g/mol. The lowest BCUT2D eigenvalue weighted by Crippen LogP contribution is -2.37.